The molecule has 0 aromatic rings. The average molecular weight is 291 g/mol. The molecule has 3 heteroatoms. The Kier molecular flexibility index (Phi) is 4.13. The van der Waals surface area contributed by atoms with Crippen LogP contribution in [0, 0.1) is 17.3 Å². The molecule has 1 saturated carbocycles. The second kappa shape index (κ2) is 5.75. The van der Waals surface area contributed by atoms with Gasteiger partial charge in [-0.2, -0.15) is 0 Å². The summed E-state index contributed by atoms with van der Waals surface area (Å²) in [6.45, 7) is 9.23. The predicted octanol–water partition coefficient (Wildman–Crippen LogP) is 3.40. The van der Waals surface area contributed by atoms with Crippen LogP contribution in [-0.2, 0) is 9.53 Å². The summed E-state index contributed by atoms with van der Waals surface area (Å²) in [5, 5.41) is 0. The Balaban J connectivity index is 1.68. The molecule has 1 aliphatic heterocycles. The lowest BCUT2D eigenvalue weighted by Gasteiger charge is -2.57. The molecule has 21 heavy (non-hydrogen) atoms. The molecule has 4 aliphatic rings. The molecule has 1 heterocycles. The van der Waals surface area contributed by atoms with Crippen LogP contribution in [0.15, 0.2) is 11.6 Å². The summed E-state index contributed by atoms with van der Waals surface area (Å²) in [7, 11) is 0. The highest BCUT2D eigenvalue weighted by molar-refractivity contribution is 5.76. The molecule has 4 rings (SSSR count). The second-order valence-corrected chi connectivity index (χ2v) is 7.56. The summed E-state index contributed by atoms with van der Waals surface area (Å²) in [4.78, 5) is 14.6. The van der Waals surface area contributed by atoms with E-state index in [0.29, 0.717) is 12.0 Å². The largest absolute Gasteiger partial charge is 0.465 e. The number of allylic oxidation sites excluding steroid dienone is 1. The first-order valence-electron chi connectivity index (χ1n) is 8.63. The normalized spacial score (nSPS) is 34.8. The third kappa shape index (κ3) is 2.65. The van der Waals surface area contributed by atoms with E-state index in [-0.39, 0.29) is 12.0 Å². The van der Waals surface area contributed by atoms with E-state index in [0.717, 1.165) is 37.8 Å². The Morgan fingerprint density at radius 3 is 2.90 bits per heavy atom. The molecule has 3 atom stereocenters. The molecule has 0 amide bonds. The maximum absolute atomic E-state index is 12.2. The van der Waals surface area contributed by atoms with E-state index in [1.54, 1.807) is 5.57 Å². The van der Waals surface area contributed by atoms with Gasteiger partial charge in [-0.3, -0.25) is 9.69 Å². The number of hydrogen-bond donors (Lipinski definition) is 0. The fourth-order valence-corrected chi connectivity index (χ4v) is 4.58. The van der Waals surface area contributed by atoms with Gasteiger partial charge in [0.25, 0.3) is 0 Å². The van der Waals surface area contributed by atoms with Crippen molar-refractivity contribution in [3.8, 4) is 0 Å². The van der Waals surface area contributed by atoms with E-state index in [2.05, 4.69) is 24.8 Å². The molecule has 2 bridgehead atoms. The standard InChI is InChI=1S/C18H29NO2/c1-4-21-17(20)16-7-5-6-10-19(16)12-13-8-9-14-11-15(13)18(14,2)3/h8,14-16H,4-7,9-12H2,1-3H3/t14-,15-,16?/m0/s1. The van der Waals surface area contributed by atoms with E-state index < -0.39 is 0 Å². The number of carbonyl (C=O) groups is 1. The fourth-order valence-electron chi connectivity index (χ4n) is 4.58. The van der Waals surface area contributed by atoms with Crippen LogP contribution in [0.5, 0.6) is 0 Å². The zero-order chi connectivity index (χ0) is 15.0. The van der Waals surface area contributed by atoms with Crippen molar-refractivity contribution in [2.45, 2.75) is 58.9 Å². The summed E-state index contributed by atoms with van der Waals surface area (Å²) in [6.07, 6.45) is 8.37. The minimum absolute atomic E-state index is 0.0134. The molecule has 0 spiro atoms. The van der Waals surface area contributed by atoms with E-state index in [4.69, 9.17) is 4.74 Å². The van der Waals surface area contributed by atoms with E-state index in [9.17, 15) is 4.79 Å². The topological polar surface area (TPSA) is 29.5 Å². The van der Waals surface area contributed by atoms with Crippen LogP contribution < -0.4 is 0 Å². The van der Waals surface area contributed by atoms with Gasteiger partial charge < -0.3 is 4.74 Å². The van der Waals surface area contributed by atoms with Crippen molar-refractivity contribution in [2.24, 2.45) is 17.3 Å². The first kappa shape index (κ1) is 15.1. The number of ether oxygens (including phenoxy) is 1. The molecule has 0 aromatic carbocycles. The Labute approximate surface area is 128 Å². The third-order valence-electron chi connectivity index (χ3n) is 6.14. The van der Waals surface area contributed by atoms with Crippen LogP contribution in [-0.4, -0.2) is 36.6 Å². The van der Waals surface area contributed by atoms with E-state index in [1.807, 2.05) is 6.92 Å². The number of piperidine rings is 1. The summed E-state index contributed by atoms with van der Waals surface area (Å²) >= 11 is 0. The summed E-state index contributed by atoms with van der Waals surface area (Å²) in [6, 6.07) is -0.0134. The highest BCUT2D eigenvalue weighted by Crippen LogP contribution is 2.59. The molecule has 0 N–H and O–H groups in total. The van der Waals surface area contributed by atoms with Crippen LogP contribution in [0.4, 0.5) is 0 Å². The van der Waals surface area contributed by atoms with Gasteiger partial charge in [-0.25, -0.2) is 0 Å². The lowest BCUT2D eigenvalue weighted by Crippen LogP contribution is -2.52. The Morgan fingerprint density at radius 2 is 2.24 bits per heavy atom. The Morgan fingerprint density at radius 1 is 1.43 bits per heavy atom. The van der Waals surface area contributed by atoms with Crippen molar-refractivity contribution >= 4 is 5.97 Å². The second-order valence-electron chi connectivity index (χ2n) is 7.56. The van der Waals surface area contributed by atoms with Crippen LogP contribution in [0.3, 0.4) is 0 Å². The van der Waals surface area contributed by atoms with Crippen LogP contribution in [0.25, 0.3) is 0 Å². The molecule has 0 radical (unpaired) electrons. The van der Waals surface area contributed by atoms with Gasteiger partial charge in [-0.1, -0.05) is 31.9 Å². The highest BCUT2D eigenvalue weighted by atomic mass is 16.5. The summed E-state index contributed by atoms with van der Waals surface area (Å²) in [5.74, 6) is 1.61. The van der Waals surface area contributed by atoms with Gasteiger partial charge in [0.2, 0.25) is 0 Å². The quantitative estimate of drug-likeness (QED) is 0.587. The maximum Gasteiger partial charge on any atom is 0.323 e. The first-order valence-corrected chi connectivity index (χ1v) is 8.63. The summed E-state index contributed by atoms with van der Waals surface area (Å²) in [5.41, 5.74) is 2.05. The van der Waals surface area contributed by atoms with Gasteiger partial charge in [-0.05, 0) is 56.4 Å². The van der Waals surface area contributed by atoms with Crippen molar-refractivity contribution in [3.63, 3.8) is 0 Å². The molecule has 3 nitrogen and oxygen atoms in total. The molecular formula is C18H29NO2. The van der Waals surface area contributed by atoms with Crippen molar-refractivity contribution in [3.05, 3.63) is 11.6 Å². The highest BCUT2D eigenvalue weighted by Gasteiger charge is 2.51. The smallest absolute Gasteiger partial charge is 0.323 e. The van der Waals surface area contributed by atoms with Crippen LogP contribution >= 0.6 is 0 Å². The minimum atomic E-state index is -0.0145. The van der Waals surface area contributed by atoms with Gasteiger partial charge in [0.05, 0.1) is 6.61 Å². The number of esters is 1. The number of fused-ring (bicyclic) bond motifs is 1. The maximum atomic E-state index is 12.2. The van der Waals surface area contributed by atoms with E-state index in [1.165, 1.54) is 19.3 Å². The molecule has 3 aliphatic carbocycles. The molecule has 0 aromatic heterocycles. The van der Waals surface area contributed by atoms with E-state index >= 15 is 0 Å². The molecular weight excluding hydrogens is 262 g/mol. The molecule has 1 unspecified atom stereocenters. The summed E-state index contributed by atoms with van der Waals surface area (Å²) < 4.78 is 5.28. The van der Waals surface area contributed by atoms with Gasteiger partial charge in [0, 0.05) is 6.54 Å². The van der Waals surface area contributed by atoms with Crippen molar-refractivity contribution in [1.29, 1.82) is 0 Å². The SMILES string of the molecule is CCOC(=O)C1CCCCN1CC1=CC[C@H]2C[C@@H]1C2(C)C. The number of hydrogen-bond acceptors (Lipinski definition) is 3. The molecule has 118 valence electrons. The lowest BCUT2D eigenvalue weighted by atomic mass is 9.49. The monoisotopic (exact) mass is 291 g/mol. The van der Waals surface area contributed by atoms with Gasteiger partial charge in [0.15, 0.2) is 0 Å². The molecule has 1 saturated heterocycles. The zero-order valence-electron chi connectivity index (χ0n) is 13.7. The number of likely N-dealkylation sites (tertiary alicyclic amines) is 1. The Bertz CT molecular complexity index is 440. The zero-order valence-corrected chi connectivity index (χ0v) is 13.7. The van der Waals surface area contributed by atoms with Crippen molar-refractivity contribution in [2.75, 3.05) is 19.7 Å². The average Bonchev–Trinajstić information content (AvgIpc) is 2.48. The van der Waals surface area contributed by atoms with Gasteiger partial charge >= 0.3 is 5.97 Å². The molecule has 2 fully saturated rings. The minimum Gasteiger partial charge on any atom is -0.465 e. The fraction of sp³-hybridized carbons (Fsp3) is 0.833. The number of nitrogens with zero attached hydrogens (tertiary/aromatic N) is 1. The van der Waals surface area contributed by atoms with Crippen LogP contribution in [0.2, 0.25) is 0 Å². The Hall–Kier alpha value is -0.830. The lowest BCUT2D eigenvalue weighted by molar-refractivity contribution is -0.150. The van der Waals surface area contributed by atoms with Crippen molar-refractivity contribution < 1.29 is 9.53 Å². The van der Waals surface area contributed by atoms with Gasteiger partial charge in [-0.15, -0.1) is 0 Å². The third-order valence-corrected chi connectivity index (χ3v) is 6.14. The van der Waals surface area contributed by atoms with Crippen LogP contribution in [0.1, 0.15) is 52.9 Å². The number of carbonyl (C=O) groups excluding carboxylic acids is 1. The van der Waals surface area contributed by atoms with Crippen molar-refractivity contribution in [1.82, 2.24) is 4.90 Å². The number of rotatable bonds is 4. The van der Waals surface area contributed by atoms with Gasteiger partial charge in [0.1, 0.15) is 6.04 Å². The predicted molar refractivity (Wildman–Crippen MR) is 83.9 cm³/mol. The first-order chi connectivity index (χ1) is 10.0.